The van der Waals surface area contributed by atoms with Crippen molar-refractivity contribution in [2.24, 2.45) is 0 Å². The van der Waals surface area contributed by atoms with Gasteiger partial charge in [0.25, 0.3) is 0 Å². The second-order valence-corrected chi connectivity index (χ2v) is 35.3. The fraction of sp³-hybridized carbons (Fsp3) is 0.385. The van der Waals surface area contributed by atoms with E-state index in [-0.39, 0.29) is 3.72 Å². The molecule has 0 saturated carbocycles. The first-order chi connectivity index (χ1) is 13.0. The number of benzene rings is 2. The number of rotatable bonds is 5. The molecule has 0 aliphatic heterocycles. The van der Waals surface area contributed by atoms with E-state index in [0.29, 0.717) is 0 Å². The first kappa shape index (κ1) is 21.6. The molecule has 0 aromatic heterocycles. The van der Waals surface area contributed by atoms with E-state index in [1.807, 2.05) is 0 Å². The molecule has 0 fully saturated rings. The normalized spacial score (nSPS) is 22.0. The minimum absolute atomic E-state index is 0.239. The van der Waals surface area contributed by atoms with E-state index in [1.54, 1.807) is 32.7 Å². The number of hydrogen-bond donors (Lipinski definition) is 0. The Balaban J connectivity index is 2.35. The Morgan fingerprint density at radius 1 is 0.750 bits per heavy atom. The Morgan fingerprint density at radius 3 is 1.57 bits per heavy atom. The van der Waals surface area contributed by atoms with Crippen LogP contribution in [0.5, 0.6) is 0 Å². The van der Waals surface area contributed by atoms with Crippen LogP contribution < -0.4 is 10.4 Å². The van der Waals surface area contributed by atoms with Crippen LogP contribution in [0.1, 0.15) is 41.0 Å². The zero-order valence-electron chi connectivity index (χ0n) is 19.1. The summed E-state index contributed by atoms with van der Waals surface area (Å²) in [7, 11) is 0. The van der Waals surface area contributed by atoms with Gasteiger partial charge in [0.05, 0.1) is 0 Å². The van der Waals surface area contributed by atoms with Gasteiger partial charge in [-0.05, 0) is 0 Å². The third kappa shape index (κ3) is 2.98. The van der Waals surface area contributed by atoms with Crippen LogP contribution in [-0.4, -0.2) is 6.66 Å². The van der Waals surface area contributed by atoms with Crippen LogP contribution in [-0.2, 0) is 14.6 Å². The van der Waals surface area contributed by atoms with Crippen LogP contribution in [0.15, 0.2) is 83.0 Å². The zero-order chi connectivity index (χ0) is 20.8. The summed E-state index contributed by atoms with van der Waals surface area (Å²) < 4.78 is 0.239. The fourth-order valence-electron chi connectivity index (χ4n) is 6.25. The van der Waals surface area contributed by atoms with Gasteiger partial charge in [-0.1, -0.05) is 0 Å². The van der Waals surface area contributed by atoms with Crippen molar-refractivity contribution in [3.8, 4) is 0 Å². The summed E-state index contributed by atoms with van der Waals surface area (Å²) in [5.74, 6) is 0. The van der Waals surface area contributed by atoms with E-state index >= 15 is 0 Å². The molecule has 0 bridgehead atoms. The predicted molar refractivity (Wildman–Crippen MR) is 127 cm³/mol. The molecule has 28 heavy (non-hydrogen) atoms. The van der Waals surface area contributed by atoms with E-state index in [2.05, 4.69) is 111 Å². The molecule has 1 aliphatic rings. The average Bonchev–Trinajstić information content (AvgIpc) is 2.84. The van der Waals surface area contributed by atoms with Gasteiger partial charge < -0.3 is 0 Å². The maximum absolute atomic E-state index is 3.11. The van der Waals surface area contributed by atoms with Gasteiger partial charge in [-0.25, -0.2) is 0 Å². The summed E-state index contributed by atoms with van der Waals surface area (Å²) in [5.41, 5.74) is 6.48. The molecule has 0 heterocycles. The molecule has 2 aromatic rings. The van der Waals surface area contributed by atoms with Crippen LogP contribution in [0.3, 0.4) is 0 Å². The molecule has 1 unspecified atom stereocenters. The number of allylic oxidation sites excluding steroid dienone is 4. The molecule has 0 radical (unpaired) electrons. The van der Waals surface area contributed by atoms with E-state index < -0.39 is 21.2 Å². The molecule has 0 spiro atoms. The van der Waals surface area contributed by atoms with Crippen molar-refractivity contribution in [1.82, 2.24) is 0 Å². The first-order valence-corrected chi connectivity index (χ1v) is 20.7. The summed E-state index contributed by atoms with van der Waals surface area (Å²) >= 11 is -3.11. The summed E-state index contributed by atoms with van der Waals surface area (Å²) in [6.45, 7) is 10.7. The molecular formula is C26H37SiTi. The first-order valence-electron chi connectivity index (χ1n) is 10.7. The summed E-state index contributed by atoms with van der Waals surface area (Å²) in [4.78, 5) is 0. The van der Waals surface area contributed by atoms with Crippen molar-refractivity contribution < 1.29 is 14.6 Å². The zero-order valence-corrected chi connectivity index (χ0v) is 21.8. The molecule has 2 heteroatoms. The number of hydrogen-bond acceptors (Lipinski definition) is 0. The topological polar surface area (TPSA) is 0 Å². The van der Waals surface area contributed by atoms with E-state index in [1.165, 1.54) is 0 Å². The van der Waals surface area contributed by atoms with Crippen molar-refractivity contribution in [3.05, 3.63) is 83.0 Å². The molecule has 0 nitrogen and oxygen atoms in total. The van der Waals surface area contributed by atoms with Crippen molar-refractivity contribution in [2.45, 2.75) is 60.4 Å². The van der Waals surface area contributed by atoms with Crippen molar-refractivity contribution in [1.29, 1.82) is 0 Å². The van der Waals surface area contributed by atoms with Gasteiger partial charge in [0, 0.05) is 0 Å². The molecule has 0 N–H and O–H groups in total. The second-order valence-electron chi connectivity index (χ2n) is 10.3. The Labute approximate surface area is 174 Å². The van der Waals surface area contributed by atoms with E-state index in [4.69, 9.17) is 0 Å². The van der Waals surface area contributed by atoms with Gasteiger partial charge in [0.1, 0.15) is 0 Å². The van der Waals surface area contributed by atoms with Crippen molar-refractivity contribution in [2.75, 3.05) is 0 Å². The third-order valence-corrected chi connectivity index (χ3v) is 34.1. The third-order valence-electron chi connectivity index (χ3n) is 8.35. The summed E-state index contributed by atoms with van der Waals surface area (Å²) in [6, 6.07) is 23.0. The van der Waals surface area contributed by atoms with Gasteiger partial charge in [-0.3, -0.25) is 0 Å². The molecule has 0 saturated heterocycles. The minimum atomic E-state index is -3.11. The standard InChI is InChI=1S/C12H11Si.C11H17.3CH3.Ti/c1-3-7-11(8-4-1)13-12-9-5-2-6-10-12;1-6-11-9(4)7(2)8(3)10(11)5;;;;/h1-10,13H;6H2,1-5H3;3*1H3;. The monoisotopic (exact) mass is 425 g/mol. The van der Waals surface area contributed by atoms with Crippen LogP contribution in [0.2, 0.25) is 19.4 Å². The SMILES string of the molecule is CCC1=C(C)C(C)=C(C)[C]1(C)[Ti]([CH3])([CH3])([CH3])[SiH](c1ccccc1)c1ccccc1. The molecule has 0 amide bonds. The Hall–Kier alpha value is -1.15. The molecule has 1 aliphatic carbocycles. The van der Waals surface area contributed by atoms with Gasteiger partial charge in [0.15, 0.2) is 0 Å². The van der Waals surface area contributed by atoms with E-state index in [9.17, 15) is 0 Å². The average molecular weight is 426 g/mol. The Bertz CT molecular complexity index is 889. The molecule has 3 rings (SSSR count). The second kappa shape index (κ2) is 7.27. The van der Waals surface area contributed by atoms with Gasteiger partial charge in [-0.15, -0.1) is 0 Å². The van der Waals surface area contributed by atoms with E-state index in [0.717, 1.165) is 6.42 Å². The molecule has 2 aromatic carbocycles. The Morgan fingerprint density at radius 2 is 1.18 bits per heavy atom. The van der Waals surface area contributed by atoms with Crippen LogP contribution in [0.25, 0.3) is 0 Å². The van der Waals surface area contributed by atoms with Crippen LogP contribution >= 0.6 is 0 Å². The molecule has 149 valence electrons. The molecular weight excluding hydrogens is 388 g/mol. The van der Waals surface area contributed by atoms with Crippen LogP contribution in [0.4, 0.5) is 0 Å². The molecule has 1 atom stereocenters. The predicted octanol–water partition coefficient (Wildman–Crippen LogP) is 6.61. The maximum atomic E-state index is 2.75. The van der Waals surface area contributed by atoms with Crippen molar-refractivity contribution in [3.63, 3.8) is 0 Å². The van der Waals surface area contributed by atoms with Crippen LogP contribution in [0, 0.1) is 0 Å². The van der Waals surface area contributed by atoms with Gasteiger partial charge >= 0.3 is 175 Å². The van der Waals surface area contributed by atoms with Gasteiger partial charge in [0.2, 0.25) is 0 Å². The van der Waals surface area contributed by atoms with Crippen molar-refractivity contribution >= 4 is 17.0 Å². The summed E-state index contributed by atoms with van der Waals surface area (Å²) in [5, 5.41) is 11.5. The quantitative estimate of drug-likeness (QED) is 0.473. The fourth-order valence-corrected chi connectivity index (χ4v) is 32.5. The Kier molecular flexibility index (Phi) is 5.60. The van der Waals surface area contributed by atoms with Gasteiger partial charge in [-0.2, -0.15) is 0 Å². The summed E-state index contributed by atoms with van der Waals surface area (Å²) in [6.07, 6.45) is 1.16.